The molecule has 0 aliphatic carbocycles. The lowest BCUT2D eigenvalue weighted by Crippen LogP contribution is -2.45. The third-order valence-corrected chi connectivity index (χ3v) is 13.5. The van der Waals surface area contributed by atoms with Gasteiger partial charge >= 0.3 is 5.97 Å². The molecule has 2 atom stereocenters. The Morgan fingerprint density at radius 3 is 1.09 bits per heavy atom. The zero-order chi connectivity index (χ0) is 47.2. The number of carbonyl (C=O) groups is 2. The van der Waals surface area contributed by atoms with Gasteiger partial charge in [-0.05, 0) is 57.8 Å². The number of hydrogen-bond acceptors (Lipinski definition) is 5. The Morgan fingerprint density at radius 1 is 0.415 bits per heavy atom. The van der Waals surface area contributed by atoms with Crippen LogP contribution in [0, 0.1) is 0 Å². The molecule has 0 aromatic carbocycles. The lowest BCUT2D eigenvalue weighted by molar-refractivity contribution is -0.143. The molecule has 0 aliphatic rings. The van der Waals surface area contributed by atoms with Gasteiger partial charge in [-0.25, -0.2) is 0 Å². The number of aliphatic hydroxyl groups is 2. The van der Waals surface area contributed by atoms with Crippen LogP contribution in [0.5, 0.6) is 0 Å². The number of nitrogens with one attached hydrogen (secondary N) is 1. The van der Waals surface area contributed by atoms with Crippen molar-refractivity contribution in [1.29, 1.82) is 0 Å². The summed E-state index contributed by atoms with van der Waals surface area (Å²) in [5.74, 6) is -0.0628. The summed E-state index contributed by atoms with van der Waals surface area (Å²) >= 11 is 0. The van der Waals surface area contributed by atoms with Crippen LogP contribution in [-0.4, -0.2) is 47.4 Å². The summed E-state index contributed by atoms with van der Waals surface area (Å²) in [6.07, 6.45) is 66.4. The molecule has 384 valence electrons. The van der Waals surface area contributed by atoms with Crippen LogP contribution >= 0.6 is 0 Å². The second kappa shape index (κ2) is 54.9. The molecule has 0 rings (SSSR count). The van der Waals surface area contributed by atoms with Crippen LogP contribution < -0.4 is 5.32 Å². The molecular formula is C59H113NO5. The van der Waals surface area contributed by atoms with Gasteiger partial charge in [0.1, 0.15) is 0 Å². The highest BCUT2D eigenvalue weighted by molar-refractivity contribution is 5.76. The molecule has 0 radical (unpaired) electrons. The van der Waals surface area contributed by atoms with Crippen LogP contribution in [0.25, 0.3) is 0 Å². The molecule has 2 unspecified atom stereocenters. The van der Waals surface area contributed by atoms with E-state index in [0.29, 0.717) is 19.4 Å². The molecule has 6 nitrogen and oxygen atoms in total. The minimum Gasteiger partial charge on any atom is -0.466 e. The van der Waals surface area contributed by atoms with Gasteiger partial charge in [-0.15, -0.1) is 0 Å². The Hall–Kier alpha value is -1.66. The van der Waals surface area contributed by atoms with Crippen molar-refractivity contribution in [2.45, 2.75) is 328 Å². The number of aliphatic hydroxyl groups excluding tert-OH is 2. The Kier molecular flexibility index (Phi) is 53.5. The maximum absolute atomic E-state index is 12.4. The third kappa shape index (κ3) is 51.6. The van der Waals surface area contributed by atoms with E-state index in [1.54, 1.807) is 6.08 Å². The summed E-state index contributed by atoms with van der Waals surface area (Å²) in [4.78, 5) is 24.5. The molecule has 0 fully saturated rings. The first-order valence-corrected chi connectivity index (χ1v) is 29.1. The standard InChI is InChI=1S/C59H113NO5/c1-3-5-7-9-11-13-14-15-16-17-24-27-30-33-37-41-45-49-53-59(64)65-54-50-46-42-38-34-31-28-25-22-20-18-19-21-23-26-29-32-36-40-44-48-52-58(63)60-56(55-61)57(62)51-47-43-39-35-12-10-8-6-4-2/h16-17,47,51,56-57,61-62H,3-15,18-46,48-50,52-55H2,1-2H3,(H,60,63)/b17-16-,51-47+. The molecule has 0 aromatic rings. The molecule has 0 saturated heterocycles. The lowest BCUT2D eigenvalue weighted by atomic mass is 10.0. The Labute approximate surface area is 405 Å². The molecular weight excluding hydrogens is 803 g/mol. The summed E-state index contributed by atoms with van der Waals surface area (Å²) in [6.45, 7) is 4.88. The first-order chi connectivity index (χ1) is 32.0. The highest BCUT2D eigenvalue weighted by Crippen LogP contribution is 2.17. The number of esters is 1. The van der Waals surface area contributed by atoms with Crippen LogP contribution in [0.2, 0.25) is 0 Å². The van der Waals surface area contributed by atoms with Gasteiger partial charge in [-0.2, -0.15) is 0 Å². The topological polar surface area (TPSA) is 95.9 Å². The molecule has 0 bridgehead atoms. The van der Waals surface area contributed by atoms with E-state index in [9.17, 15) is 19.8 Å². The summed E-state index contributed by atoms with van der Waals surface area (Å²) < 4.78 is 5.49. The fraction of sp³-hybridized carbons (Fsp3) is 0.898. The molecule has 6 heteroatoms. The summed E-state index contributed by atoms with van der Waals surface area (Å²) in [5, 5.41) is 22.9. The Bertz CT molecular complexity index is 1010. The number of allylic oxidation sites excluding steroid dienone is 3. The van der Waals surface area contributed by atoms with Gasteiger partial charge in [-0.1, -0.05) is 269 Å². The number of amides is 1. The van der Waals surface area contributed by atoms with Gasteiger partial charge in [0.05, 0.1) is 25.4 Å². The van der Waals surface area contributed by atoms with Gasteiger partial charge in [0.25, 0.3) is 0 Å². The van der Waals surface area contributed by atoms with Crippen molar-refractivity contribution in [2.75, 3.05) is 13.2 Å². The van der Waals surface area contributed by atoms with Gasteiger partial charge in [0.2, 0.25) is 5.91 Å². The number of ether oxygens (including phenoxy) is 1. The van der Waals surface area contributed by atoms with E-state index in [4.69, 9.17) is 4.74 Å². The van der Waals surface area contributed by atoms with Crippen molar-refractivity contribution in [3.63, 3.8) is 0 Å². The van der Waals surface area contributed by atoms with Crippen LogP contribution in [0.1, 0.15) is 316 Å². The van der Waals surface area contributed by atoms with Crippen LogP contribution in [0.4, 0.5) is 0 Å². The average molecular weight is 917 g/mol. The predicted molar refractivity (Wildman–Crippen MR) is 283 cm³/mol. The highest BCUT2D eigenvalue weighted by atomic mass is 16.5. The van der Waals surface area contributed by atoms with Crippen molar-refractivity contribution < 1.29 is 24.5 Å². The van der Waals surface area contributed by atoms with E-state index in [-0.39, 0.29) is 18.5 Å². The van der Waals surface area contributed by atoms with Crippen LogP contribution in [0.15, 0.2) is 24.3 Å². The number of hydrogen-bond donors (Lipinski definition) is 3. The minimum atomic E-state index is -0.842. The molecule has 0 heterocycles. The highest BCUT2D eigenvalue weighted by Gasteiger charge is 2.18. The Morgan fingerprint density at radius 2 is 0.723 bits per heavy atom. The fourth-order valence-electron chi connectivity index (χ4n) is 8.98. The zero-order valence-electron chi connectivity index (χ0n) is 43.7. The van der Waals surface area contributed by atoms with E-state index in [1.807, 2.05) is 6.08 Å². The Balaban J connectivity index is 3.36. The van der Waals surface area contributed by atoms with E-state index < -0.39 is 12.1 Å². The van der Waals surface area contributed by atoms with Gasteiger partial charge in [-0.3, -0.25) is 9.59 Å². The van der Waals surface area contributed by atoms with Crippen molar-refractivity contribution in [3.05, 3.63) is 24.3 Å². The second-order valence-electron chi connectivity index (χ2n) is 20.0. The maximum Gasteiger partial charge on any atom is 0.305 e. The SMILES string of the molecule is CCCCCCCCC/C=C\CCCCCCCCCC(=O)OCCCCCCCCCCCCCCCCCCCCCCCC(=O)NC(CO)C(O)/C=C/CCCCCCCCC. The van der Waals surface area contributed by atoms with Crippen molar-refractivity contribution in [3.8, 4) is 0 Å². The van der Waals surface area contributed by atoms with Crippen LogP contribution in [0.3, 0.4) is 0 Å². The first-order valence-electron chi connectivity index (χ1n) is 29.1. The molecule has 0 aromatic heterocycles. The lowest BCUT2D eigenvalue weighted by Gasteiger charge is -2.20. The summed E-state index contributed by atoms with van der Waals surface area (Å²) in [5.41, 5.74) is 0. The maximum atomic E-state index is 12.4. The van der Waals surface area contributed by atoms with Crippen LogP contribution in [-0.2, 0) is 14.3 Å². The van der Waals surface area contributed by atoms with Crippen molar-refractivity contribution in [2.24, 2.45) is 0 Å². The summed E-state index contributed by atoms with van der Waals surface area (Å²) in [7, 11) is 0. The van der Waals surface area contributed by atoms with Gasteiger partial charge in [0.15, 0.2) is 0 Å². The van der Waals surface area contributed by atoms with E-state index in [1.165, 1.54) is 244 Å². The van der Waals surface area contributed by atoms with E-state index in [0.717, 1.165) is 44.9 Å². The third-order valence-electron chi connectivity index (χ3n) is 13.5. The fourth-order valence-corrected chi connectivity index (χ4v) is 8.98. The normalized spacial score (nSPS) is 12.7. The largest absolute Gasteiger partial charge is 0.466 e. The number of carbonyl (C=O) groups excluding carboxylic acids is 2. The predicted octanol–water partition coefficient (Wildman–Crippen LogP) is 17.9. The second-order valence-corrected chi connectivity index (χ2v) is 20.0. The molecule has 1 amide bonds. The van der Waals surface area contributed by atoms with E-state index >= 15 is 0 Å². The summed E-state index contributed by atoms with van der Waals surface area (Å²) in [6, 6.07) is -0.626. The van der Waals surface area contributed by atoms with Gasteiger partial charge < -0.3 is 20.3 Å². The zero-order valence-corrected chi connectivity index (χ0v) is 43.7. The monoisotopic (exact) mass is 916 g/mol. The van der Waals surface area contributed by atoms with E-state index in [2.05, 4.69) is 31.3 Å². The van der Waals surface area contributed by atoms with Gasteiger partial charge in [0, 0.05) is 12.8 Å². The average Bonchev–Trinajstić information content (AvgIpc) is 3.31. The molecule has 65 heavy (non-hydrogen) atoms. The number of rotatable bonds is 54. The molecule has 0 spiro atoms. The van der Waals surface area contributed by atoms with Crippen molar-refractivity contribution >= 4 is 11.9 Å². The molecule has 3 N–H and O–H groups in total. The molecule has 0 saturated carbocycles. The quantitative estimate of drug-likeness (QED) is 0.0321. The number of unbranched alkanes of at least 4 members (excludes halogenated alkanes) is 41. The van der Waals surface area contributed by atoms with Crippen molar-refractivity contribution in [1.82, 2.24) is 5.32 Å². The molecule has 0 aliphatic heterocycles. The minimum absolute atomic E-state index is 0.00836. The first kappa shape index (κ1) is 63.3. The smallest absolute Gasteiger partial charge is 0.305 e.